The average molecular weight is 386 g/mol. The molecule has 0 saturated heterocycles. The van der Waals surface area contributed by atoms with Crippen LogP contribution in [0.5, 0.6) is 0 Å². The first-order valence-corrected chi connectivity index (χ1v) is 9.40. The van der Waals surface area contributed by atoms with Crippen molar-refractivity contribution < 1.29 is 18.7 Å². The molecule has 0 N–H and O–H groups in total. The van der Waals surface area contributed by atoms with Crippen LogP contribution in [0.4, 0.5) is 4.39 Å². The Morgan fingerprint density at radius 1 is 1.22 bits per heavy atom. The summed E-state index contributed by atoms with van der Waals surface area (Å²) in [4.78, 5) is 28.8. The lowest BCUT2D eigenvalue weighted by Crippen LogP contribution is -2.19. The molecule has 0 spiro atoms. The number of hydrogen-bond acceptors (Lipinski definition) is 4. The minimum absolute atomic E-state index is 0.0805. The van der Waals surface area contributed by atoms with Crippen LogP contribution in [0.3, 0.4) is 0 Å². The van der Waals surface area contributed by atoms with E-state index in [2.05, 4.69) is 4.99 Å². The van der Waals surface area contributed by atoms with Crippen LogP contribution < -0.4 is 4.80 Å². The first-order chi connectivity index (χ1) is 13.0. The van der Waals surface area contributed by atoms with Crippen molar-refractivity contribution in [3.05, 3.63) is 64.2 Å². The van der Waals surface area contributed by atoms with E-state index in [1.54, 1.807) is 17.6 Å². The Morgan fingerprint density at radius 3 is 2.74 bits per heavy atom. The van der Waals surface area contributed by atoms with Crippen molar-refractivity contribution in [3.8, 4) is 0 Å². The first kappa shape index (κ1) is 19.0. The number of rotatable bonds is 5. The van der Waals surface area contributed by atoms with Crippen LogP contribution in [0.15, 0.2) is 47.5 Å². The zero-order valence-corrected chi connectivity index (χ0v) is 15.9. The Bertz CT molecular complexity index is 1070. The van der Waals surface area contributed by atoms with Gasteiger partial charge >= 0.3 is 5.97 Å². The molecule has 0 unspecified atom stereocenters. The van der Waals surface area contributed by atoms with Crippen LogP contribution in [-0.4, -0.2) is 23.1 Å². The third-order valence-corrected chi connectivity index (χ3v) is 5.03. The molecule has 0 atom stereocenters. The molecule has 5 nitrogen and oxygen atoms in total. The van der Waals surface area contributed by atoms with E-state index >= 15 is 0 Å². The zero-order valence-electron chi connectivity index (χ0n) is 15.1. The highest BCUT2D eigenvalue weighted by molar-refractivity contribution is 7.16. The predicted molar refractivity (Wildman–Crippen MR) is 102 cm³/mol. The van der Waals surface area contributed by atoms with Crippen molar-refractivity contribution in [2.45, 2.75) is 26.8 Å². The van der Waals surface area contributed by atoms with E-state index in [-0.39, 0.29) is 18.0 Å². The number of esters is 1. The summed E-state index contributed by atoms with van der Waals surface area (Å²) in [6, 6.07) is 11.6. The number of aromatic nitrogens is 1. The van der Waals surface area contributed by atoms with Gasteiger partial charge in [0.05, 0.1) is 28.8 Å². The quantitative estimate of drug-likeness (QED) is 0.626. The highest BCUT2D eigenvalue weighted by atomic mass is 32.1. The molecule has 2 aromatic carbocycles. The topological polar surface area (TPSA) is 60.7 Å². The van der Waals surface area contributed by atoms with Gasteiger partial charge in [0.25, 0.3) is 5.91 Å². The van der Waals surface area contributed by atoms with Crippen molar-refractivity contribution >= 4 is 33.4 Å². The number of hydrogen-bond donors (Lipinski definition) is 0. The van der Waals surface area contributed by atoms with Crippen molar-refractivity contribution in [1.82, 2.24) is 4.57 Å². The summed E-state index contributed by atoms with van der Waals surface area (Å²) in [5.41, 5.74) is 1.87. The number of fused-ring (bicyclic) bond motifs is 1. The second-order valence-electron chi connectivity index (χ2n) is 5.96. The van der Waals surface area contributed by atoms with Crippen molar-refractivity contribution in [2.75, 3.05) is 6.61 Å². The normalized spacial score (nSPS) is 11.7. The lowest BCUT2D eigenvalue weighted by molar-refractivity contribution is -0.143. The SMILES string of the molecule is CCOC(=O)CCn1c(=NC(=O)c2ccccc2F)sc2cc(C)ccc21. The van der Waals surface area contributed by atoms with Gasteiger partial charge in [0.15, 0.2) is 4.80 Å². The van der Waals surface area contributed by atoms with Gasteiger partial charge in [0.2, 0.25) is 0 Å². The van der Waals surface area contributed by atoms with Gasteiger partial charge in [-0.3, -0.25) is 9.59 Å². The molecule has 1 heterocycles. The number of halogens is 1. The second-order valence-corrected chi connectivity index (χ2v) is 6.97. The molecule has 0 aliphatic heterocycles. The maximum Gasteiger partial charge on any atom is 0.307 e. The van der Waals surface area contributed by atoms with E-state index in [4.69, 9.17) is 4.74 Å². The molecule has 0 bridgehead atoms. The Hall–Kier alpha value is -2.80. The standard InChI is InChI=1S/C20H19FN2O3S/c1-3-26-18(24)10-11-23-16-9-8-13(2)12-17(16)27-20(23)22-19(25)14-6-4-5-7-15(14)21/h4-9,12H,3,10-11H2,1-2H3. The fraction of sp³-hybridized carbons (Fsp3) is 0.250. The molecule has 0 radical (unpaired) electrons. The summed E-state index contributed by atoms with van der Waals surface area (Å²) in [5.74, 6) is -1.58. The van der Waals surface area contributed by atoms with Gasteiger partial charge in [-0.15, -0.1) is 0 Å². The summed E-state index contributed by atoms with van der Waals surface area (Å²) in [7, 11) is 0. The largest absolute Gasteiger partial charge is 0.466 e. The summed E-state index contributed by atoms with van der Waals surface area (Å²) in [6.45, 7) is 4.37. The predicted octanol–water partition coefficient (Wildman–Crippen LogP) is 3.84. The highest BCUT2D eigenvalue weighted by Gasteiger charge is 2.13. The van der Waals surface area contributed by atoms with Gasteiger partial charge in [-0.05, 0) is 43.7 Å². The van der Waals surface area contributed by atoms with Crippen LogP contribution in [0.1, 0.15) is 29.3 Å². The number of thiazole rings is 1. The molecular weight excluding hydrogens is 367 g/mol. The minimum atomic E-state index is -0.652. The van der Waals surface area contributed by atoms with Crippen molar-refractivity contribution in [1.29, 1.82) is 0 Å². The van der Waals surface area contributed by atoms with Gasteiger partial charge in [-0.25, -0.2) is 4.39 Å². The minimum Gasteiger partial charge on any atom is -0.466 e. The van der Waals surface area contributed by atoms with Gasteiger partial charge in [-0.1, -0.05) is 29.5 Å². The third-order valence-electron chi connectivity index (χ3n) is 3.98. The fourth-order valence-corrected chi connectivity index (χ4v) is 3.85. The molecule has 3 aromatic rings. The first-order valence-electron chi connectivity index (χ1n) is 8.58. The summed E-state index contributed by atoms with van der Waals surface area (Å²) < 4.78 is 21.6. The van der Waals surface area contributed by atoms with Gasteiger partial charge < -0.3 is 9.30 Å². The monoisotopic (exact) mass is 386 g/mol. The van der Waals surface area contributed by atoms with E-state index in [0.29, 0.717) is 18.0 Å². The van der Waals surface area contributed by atoms with Crippen LogP contribution in [0.2, 0.25) is 0 Å². The summed E-state index contributed by atoms with van der Waals surface area (Å²) in [5, 5.41) is 0. The molecule has 0 aliphatic rings. The number of amides is 1. The Morgan fingerprint density at radius 2 is 2.00 bits per heavy atom. The third kappa shape index (κ3) is 4.31. The summed E-state index contributed by atoms with van der Waals surface area (Å²) >= 11 is 1.33. The Labute approximate surface area is 159 Å². The molecular formula is C20H19FN2O3S. The molecule has 140 valence electrons. The lowest BCUT2D eigenvalue weighted by atomic mass is 10.2. The lowest BCUT2D eigenvalue weighted by Gasteiger charge is -2.05. The van der Waals surface area contributed by atoms with Crippen LogP contribution in [0.25, 0.3) is 10.2 Å². The number of carbonyl (C=O) groups excluding carboxylic acids is 2. The van der Waals surface area contributed by atoms with Crippen molar-refractivity contribution in [3.63, 3.8) is 0 Å². The van der Waals surface area contributed by atoms with Gasteiger partial charge in [-0.2, -0.15) is 4.99 Å². The number of benzene rings is 2. The summed E-state index contributed by atoms with van der Waals surface area (Å²) in [6.07, 6.45) is 0.161. The Balaban J connectivity index is 2.05. The molecule has 1 aromatic heterocycles. The van der Waals surface area contributed by atoms with Crippen molar-refractivity contribution in [2.24, 2.45) is 4.99 Å². The second kappa shape index (κ2) is 8.26. The van der Waals surface area contributed by atoms with Crippen LogP contribution in [0, 0.1) is 12.7 Å². The molecule has 7 heteroatoms. The highest BCUT2D eigenvalue weighted by Crippen LogP contribution is 2.19. The van der Waals surface area contributed by atoms with Crippen LogP contribution in [-0.2, 0) is 16.1 Å². The van der Waals surface area contributed by atoms with E-state index in [0.717, 1.165) is 15.8 Å². The number of aryl methyl sites for hydroxylation is 2. The molecule has 0 saturated carbocycles. The van der Waals surface area contributed by atoms with E-state index in [1.807, 2.05) is 25.1 Å². The Kier molecular flexibility index (Phi) is 5.81. The maximum atomic E-state index is 13.9. The smallest absolute Gasteiger partial charge is 0.307 e. The molecule has 0 aliphatic carbocycles. The van der Waals surface area contributed by atoms with Gasteiger partial charge in [0.1, 0.15) is 5.82 Å². The molecule has 1 amide bonds. The van der Waals surface area contributed by atoms with E-state index < -0.39 is 11.7 Å². The molecule has 3 rings (SSSR count). The van der Waals surface area contributed by atoms with Gasteiger partial charge in [0, 0.05) is 6.54 Å². The van der Waals surface area contributed by atoms with E-state index in [9.17, 15) is 14.0 Å². The number of ether oxygens (including phenoxy) is 1. The molecule has 27 heavy (non-hydrogen) atoms. The number of carbonyl (C=O) groups is 2. The zero-order chi connectivity index (χ0) is 19.4. The van der Waals surface area contributed by atoms with E-state index in [1.165, 1.54) is 29.5 Å². The average Bonchev–Trinajstić information content (AvgIpc) is 2.96. The fourth-order valence-electron chi connectivity index (χ4n) is 2.70. The molecule has 0 fully saturated rings. The maximum absolute atomic E-state index is 13.9. The van der Waals surface area contributed by atoms with Crippen LogP contribution >= 0.6 is 11.3 Å². The number of nitrogens with zero attached hydrogens (tertiary/aromatic N) is 2.